The minimum atomic E-state index is -0.293. The van der Waals surface area contributed by atoms with Gasteiger partial charge in [-0.2, -0.15) is 5.10 Å². The fraction of sp³-hybridized carbons (Fsp3) is 0.143. The molecule has 2 heterocycles. The number of nitrogens with one attached hydrogen (secondary N) is 1. The van der Waals surface area contributed by atoms with Gasteiger partial charge in [0.1, 0.15) is 10.6 Å². The fourth-order valence-corrected chi connectivity index (χ4v) is 4.26. The van der Waals surface area contributed by atoms with E-state index in [2.05, 4.69) is 10.4 Å². The lowest BCUT2D eigenvalue weighted by atomic mass is 10.2. The van der Waals surface area contributed by atoms with Gasteiger partial charge in [0.2, 0.25) is 0 Å². The van der Waals surface area contributed by atoms with Gasteiger partial charge in [0, 0.05) is 17.0 Å². The molecule has 0 aliphatic carbocycles. The molecule has 0 spiro atoms. The van der Waals surface area contributed by atoms with Gasteiger partial charge in [-0.25, -0.2) is 4.39 Å². The van der Waals surface area contributed by atoms with E-state index in [-0.39, 0.29) is 11.7 Å². The minimum absolute atomic E-state index is 0.158. The lowest BCUT2D eigenvalue weighted by Crippen LogP contribution is -2.21. The first kappa shape index (κ1) is 18.7. The lowest BCUT2D eigenvalue weighted by molar-refractivity contribution is 0.0955. The van der Waals surface area contributed by atoms with Crippen LogP contribution in [-0.4, -0.2) is 15.7 Å². The third-order valence-electron chi connectivity index (χ3n) is 4.48. The topological polar surface area (TPSA) is 46.9 Å². The van der Waals surface area contributed by atoms with Gasteiger partial charge in [-0.3, -0.25) is 9.48 Å². The fourth-order valence-electron chi connectivity index (χ4n) is 2.99. The van der Waals surface area contributed by atoms with Crippen molar-refractivity contribution in [3.05, 3.63) is 87.1 Å². The summed E-state index contributed by atoms with van der Waals surface area (Å²) in [6.45, 7) is 2.82. The van der Waals surface area contributed by atoms with Crippen LogP contribution in [0, 0.1) is 12.7 Å². The number of halogens is 2. The number of fused-ring (bicyclic) bond motifs is 1. The van der Waals surface area contributed by atoms with E-state index in [0.29, 0.717) is 23.0 Å². The van der Waals surface area contributed by atoms with Crippen molar-refractivity contribution in [3.63, 3.8) is 0 Å². The van der Waals surface area contributed by atoms with Gasteiger partial charge in [0.05, 0.1) is 17.1 Å². The van der Waals surface area contributed by atoms with Crippen molar-refractivity contribution in [2.24, 2.45) is 0 Å². The number of aromatic nitrogens is 2. The summed E-state index contributed by atoms with van der Waals surface area (Å²) in [5, 5.41) is 9.13. The first-order chi connectivity index (χ1) is 13.5. The highest BCUT2D eigenvalue weighted by atomic mass is 35.5. The van der Waals surface area contributed by atoms with Crippen molar-refractivity contribution < 1.29 is 9.18 Å². The molecule has 0 aliphatic heterocycles. The van der Waals surface area contributed by atoms with Crippen molar-refractivity contribution in [1.29, 1.82) is 0 Å². The predicted molar refractivity (Wildman–Crippen MR) is 110 cm³/mol. The zero-order chi connectivity index (χ0) is 19.7. The average molecular weight is 414 g/mol. The van der Waals surface area contributed by atoms with E-state index < -0.39 is 0 Å². The standard InChI is InChI=1S/C21H17ClFN3OS/c1-13-17-10-19(20(27)24-11-14-6-8-16(23)9-7-14)28-21(17)26(25-13)12-15-4-2-3-5-18(15)22/h2-10H,11-12H2,1H3,(H,24,27). The van der Waals surface area contributed by atoms with Crippen molar-refractivity contribution in [2.45, 2.75) is 20.0 Å². The Labute approximate surface area is 170 Å². The highest BCUT2D eigenvalue weighted by Crippen LogP contribution is 2.29. The summed E-state index contributed by atoms with van der Waals surface area (Å²) in [4.78, 5) is 14.1. The Morgan fingerprint density at radius 3 is 2.71 bits per heavy atom. The Bertz CT molecular complexity index is 1150. The number of hydrogen-bond acceptors (Lipinski definition) is 3. The summed E-state index contributed by atoms with van der Waals surface area (Å²) < 4.78 is 14.9. The number of nitrogens with zero attached hydrogens (tertiary/aromatic N) is 2. The number of hydrogen-bond donors (Lipinski definition) is 1. The van der Waals surface area contributed by atoms with Gasteiger partial charge in [-0.05, 0) is 42.3 Å². The molecule has 0 atom stereocenters. The maximum atomic E-state index is 13.0. The van der Waals surface area contributed by atoms with Crippen molar-refractivity contribution >= 4 is 39.1 Å². The second kappa shape index (κ2) is 7.73. The highest BCUT2D eigenvalue weighted by molar-refractivity contribution is 7.20. The van der Waals surface area contributed by atoms with Crippen LogP contribution < -0.4 is 5.32 Å². The largest absolute Gasteiger partial charge is 0.347 e. The predicted octanol–water partition coefficient (Wildman–Crippen LogP) is 5.18. The molecular weight excluding hydrogens is 397 g/mol. The molecule has 0 unspecified atom stereocenters. The van der Waals surface area contributed by atoms with Crippen LogP contribution in [0.1, 0.15) is 26.5 Å². The van der Waals surface area contributed by atoms with Crippen LogP contribution in [0.4, 0.5) is 4.39 Å². The number of carbonyl (C=O) groups excluding carboxylic acids is 1. The van der Waals surface area contributed by atoms with E-state index >= 15 is 0 Å². The lowest BCUT2D eigenvalue weighted by Gasteiger charge is -2.05. The molecule has 1 amide bonds. The normalized spacial score (nSPS) is 11.1. The molecular formula is C21H17ClFN3OS. The molecule has 142 valence electrons. The zero-order valence-electron chi connectivity index (χ0n) is 15.1. The van der Waals surface area contributed by atoms with Crippen molar-refractivity contribution in [1.82, 2.24) is 15.1 Å². The smallest absolute Gasteiger partial charge is 0.261 e. The summed E-state index contributed by atoms with van der Waals surface area (Å²) in [7, 11) is 0. The SMILES string of the molecule is Cc1nn(Cc2ccccc2Cl)c2sc(C(=O)NCc3ccc(F)cc3)cc12. The van der Waals surface area contributed by atoms with Crippen molar-refractivity contribution in [2.75, 3.05) is 0 Å². The third-order valence-corrected chi connectivity index (χ3v) is 5.99. The van der Waals surface area contributed by atoms with Crippen LogP contribution in [0.15, 0.2) is 54.6 Å². The molecule has 28 heavy (non-hydrogen) atoms. The van der Waals surface area contributed by atoms with Gasteiger partial charge in [-0.15, -0.1) is 11.3 Å². The van der Waals surface area contributed by atoms with Gasteiger partial charge in [-0.1, -0.05) is 41.9 Å². The average Bonchev–Trinajstić information content (AvgIpc) is 3.24. The summed E-state index contributed by atoms with van der Waals surface area (Å²) in [6.07, 6.45) is 0. The molecule has 0 fully saturated rings. The van der Waals surface area contributed by atoms with Crippen LogP contribution in [0.5, 0.6) is 0 Å². The van der Waals surface area contributed by atoms with Gasteiger partial charge in [0.15, 0.2) is 0 Å². The van der Waals surface area contributed by atoms with E-state index in [4.69, 9.17) is 11.6 Å². The molecule has 7 heteroatoms. The summed E-state index contributed by atoms with van der Waals surface area (Å²) >= 11 is 7.67. The molecule has 4 aromatic rings. The molecule has 4 rings (SSSR count). The first-order valence-corrected chi connectivity index (χ1v) is 9.93. The number of aryl methyl sites for hydroxylation is 1. The highest BCUT2D eigenvalue weighted by Gasteiger charge is 2.17. The maximum absolute atomic E-state index is 13.0. The Kier molecular flexibility index (Phi) is 5.15. The molecule has 0 saturated heterocycles. The van der Waals surface area contributed by atoms with E-state index in [1.54, 1.807) is 12.1 Å². The quantitative estimate of drug-likeness (QED) is 0.490. The molecule has 2 aromatic heterocycles. The van der Waals surface area contributed by atoms with E-state index in [1.807, 2.05) is 41.9 Å². The maximum Gasteiger partial charge on any atom is 0.261 e. The second-order valence-corrected chi connectivity index (χ2v) is 7.91. The summed E-state index contributed by atoms with van der Waals surface area (Å²) in [6, 6.07) is 15.6. The molecule has 0 radical (unpaired) electrons. The molecule has 4 nitrogen and oxygen atoms in total. The molecule has 0 bridgehead atoms. The molecule has 0 aliphatic rings. The van der Waals surface area contributed by atoms with Crippen LogP contribution in [-0.2, 0) is 13.1 Å². The third kappa shape index (κ3) is 3.79. The van der Waals surface area contributed by atoms with Crippen LogP contribution in [0.3, 0.4) is 0 Å². The Hall–Kier alpha value is -2.70. The van der Waals surface area contributed by atoms with Gasteiger partial charge >= 0.3 is 0 Å². The monoisotopic (exact) mass is 413 g/mol. The summed E-state index contributed by atoms with van der Waals surface area (Å²) in [5.74, 6) is -0.452. The minimum Gasteiger partial charge on any atom is -0.347 e. The van der Waals surface area contributed by atoms with Crippen LogP contribution >= 0.6 is 22.9 Å². The van der Waals surface area contributed by atoms with Gasteiger partial charge < -0.3 is 5.32 Å². The summed E-state index contributed by atoms with van der Waals surface area (Å²) in [5.41, 5.74) is 2.69. The van der Waals surface area contributed by atoms with Crippen LogP contribution in [0.25, 0.3) is 10.2 Å². The van der Waals surface area contributed by atoms with Crippen LogP contribution in [0.2, 0.25) is 5.02 Å². The van der Waals surface area contributed by atoms with E-state index in [9.17, 15) is 9.18 Å². The van der Waals surface area contributed by atoms with Crippen molar-refractivity contribution in [3.8, 4) is 0 Å². The zero-order valence-corrected chi connectivity index (χ0v) is 16.6. The Morgan fingerprint density at radius 1 is 1.21 bits per heavy atom. The molecule has 1 N–H and O–H groups in total. The number of carbonyl (C=O) groups is 1. The second-order valence-electron chi connectivity index (χ2n) is 6.47. The number of benzene rings is 2. The number of thiophene rings is 1. The van der Waals surface area contributed by atoms with Gasteiger partial charge in [0.25, 0.3) is 5.91 Å². The molecule has 2 aromatic carbocycles. The molecule has 0 saturated carbocycles. The van der Waals surface area contributed by atoms with E-state index in [1.165, 1.54) is 23.5 Å². The Morgan fingerprint density at radius 2 is 1.96 bits per heavy atom. The Balaban J connectivity index is 1.55. The van der Waals surface area contributed by atoms with E-state index in [0.717, 1.165) is 27.0 Å². The number of amides is 1. The number of rotatable bonds is 5. The first-order valence-electron chi connectivity index (χ1n) is 8.74.